The van der Waals surface area contributed by atoms with Gasteiger partial charge in [-0.1, -0.05) is 6.92 Å². The van der Waals surface area contributed by atoms with Crippen LogP contribution in [-0.2, 0) is 4.84 Å². The molecule has 1 N–H and O–H groups in total. The summed E-state index contributed by atoms with van der Waals surface area (Å²) in [6.07, 6.45) is 6.19. The first-order valence-corrected chi connectivity index (χ1v) is 8.00. The Morgan fingerprint density at radius 2 is 2.00 bits per heavy atom. The fraction of sp³-hybridized carbons (Fsp3) is 1.00. The molecule has 0 radical (unpaired) electrons. The van der Waals surface area contributed by atoms with Crippen LogP contribution in [0, 0.1) is 11.8 Å². The second kappa shape index (κ2) is 6.08. The summed E-state index contributed by atoms with van der Waals surface area (Å²) in [6.45, 7) is 6.79. The molecule has 2 bridgehead atoms. The van der Waals surface area contributed by atoms with E-state index in [1.165, 1.54) is 38.6 Å². The van der Waals surface area contributed by atoms with Gasteiger partial charge in [0.2, 0.25) is 0 Å². The van der Waals surface area contributed by atoms with E-state index in [1.807, 2.05) is 5.06 Å². The molecule has 0 spiro atoms. The molecule has 3 rings (SSSR count). The molecule has 0 aromatic rings. The molecule has 0 aromatic carbocycles. The zero-order valence-electron chi connectivity index (χ0n) is 12.1. The standard InChI is InChI=1S/C15H28N2O2/c1-12-4-6-17(7-5-12)19-11-15(18)10-16-9-13-2-3-14(16)8-13/h12-15,18H,2-11H2,1H3. The Balaban J connectivity index is 1.34. The minimum atomic E-state index is -0.335. The lowest BCUT2D eigenvalue weighted by molar-refractivity contribution is -0.192. The van der Waals surface area contributed by atoms with Gasteiger partial charge in [-0.3, -0.25) is 9.74 Å². The van der Waals surface area contributed by atoms with Gasteiger partial charge in [-0.05, 0) is 43.9 Å². The summed E-state index contributed by atoms with van der Waals surface area (Å²) in [7, 11) is 0. The molecule has 19 heavy (non-hydrogen) atoms. The molecule has 4 heteroatoms. The van der Waals surface area contributed by atoms with Crippen LogP contribution in [0.2, 0.25) is 0 Å². The molecule has 2 saturated heterocycles. The van der Waals surface area contributed by atoms with Crippen molar-refractivity contribution in [3.05, 3.63) is 0 Å². The summed E-state index contributed by atoms with van der Waals surface area (Å²) < 4.78 is 0. The molecule has 4 nitrogen and oxygen atoms in total. The number of β-amino-alcohol motifs (C(OH)–C–C–N with tert-alkyl or cyclic N) is 1. The molecule has 2 heterocycles. The molecule has 3 unspecified atom stereocenters. The lowest BCUT2D eigenvalue weighted by Crippen LogP contribution is -2.42. The van der Waals surface area contributed by atoms with Gasteiger partial charge in [0.05, 0.1) is 12.7 Å². The van der Waals surface area contributed by atoms with Crippen molar-refractivity contribution in [3.63, 3.8) is 0 Å². The minimum absolute atomic E-state index is 0.335. The van der Waals surface area contributed by atoms with E-state index >= 15 is 0 Å². The monoisotopic (exact) mass is 268 g/mol. The molecule has 3 fully saturated rings. The first-order chi connectivity index (χ1) is 9.20. The fourth-order valence-electron chi connectivity index (χ4n) is 3.88. The molecule has 0 aromatic heterocycles. The van der Waals surface area contributed by atoms with Gasteiger partial charge in [-0.15, -0.1) is 0 Å². The van der Waals surface area contributed by atoms with Crippen LogP contribution in [-0.4, -0.2) is 60.0 Å². The Bertz CT molecular complexity index is 292. The van der Waals surface area contributed by atoms with Crippen LogP contribution in [0.15, 0.2) is 0 Å². The van der Waals surface area contributed by atoms with Crippen molar-refractivity contribution in [3.8, 4) is 0 Å². The molecular weight excluding hydrogens is 240 g/mol. The summed E-state index contributed by atoms with van der Waals surface area (Å²) in [5.41, 5.74) is 0. The average Bonchev–Trinajstić information content (AvgIpc) is 3.00. The van der Waals surface area contributed by atoms with Gasteiger partial charge in [-0.2, -0.15) is 5.06 Å². The number of nitrogens with zero attached hydrogens (tertiary/aromatic N) is 2. The smallest absolute Gasteiger partial charge is 0.0957 e. The van der Waals surface area contributed by atoms with Gasteiger partial charge in [0.25, 0.3) is 0 Å². The topological polar surface area (TPSA) is 35.9 Å². The number of aliphatic hydroxyl groups excluding tert-OH is 1. The van der Waals surface area contributed by atoms with Gasteiger partial charge >= 0.3 is 0 Å². The average molecular weight is 268 g/mol. The predicted octanol–water partition coefficient (Wildman–Crippen LogP) is 1.50. The van der Waals surface area contributed by atoms with Crippen LogP contribution in [0.5, 0.6) is 0 Å². The highest BCUT2D eigenvalue weighted by atomic mass is 16.7. The Kier molecular flexibility index (Phi) is 4.42. The predicted molar refractivity (Wildman–Crippen MR) is 74.6 cm³/mol. The van der Waals surface area contributed by atoms with Gasteiger partial charge in [0.15, 0.2) is 0 Å². The zero-order chi connectivity index (χ0) is 13.2. The third-order valence-electron chi connectivity index (χ3n) is 5.16. The quantitative estimate of drug-likeness (QED) is 0.819. The number of rotatable bonds is 5. The van der Waals surface area contributed by atoms with Crippen molar-refractivity contribution in [1.82, 2.24) is 9.96 Å². The van der Waals surface area contributed by atoms with Crippen LogP contribution < -0.4 is 0 Å². The van der Waals surface area contributed by atoms with Gasteiger partial charge in [-0.25, -0.2) is 0 Å². The molecule has 0 amide bonds. The van der Waals surface area contributed by atoms with E-state index in [2.05, 4.69) is 11.8 Å². The zero-order valence-corrected chi connectivity index (χ0v) is 12.1. The van der Waals surface area contributed by atoms with Crippen LogP contribution in [0.1, 0.15) is 39.0 Å². The third-order valence-corrected chi connectivity index (χ3v) is 5.16. The van der Waals surface area contributed by atoms with E-state index in [0.717, 1.165) is 37.5 Å². The molecule has 3 aliphatic rings. The van der Waals surface area contributed by atoms with Gasteiger partial charge in [0.1, 0.15) is 0 Å². The highest BCUT2D eigenvalue weighted by Crippen LogP contribution is 2.37. The molecule has 110 valence electrons. The first-order valence-electron chi connectivity index (χ1n) is 8.00. The van der Waals surface area contributed by atoms with Crippen LogP contribution in [0.4, 0.5) is 0 Å². The summed E-state index contributed by atoms with van der Waals surface area (Å²) in [6, 6.07) is 0.746. The van der Waals surface area contributed by atoms with Crippen molar-refractivity contribution in [1.29, 1.82) is 0 Å². The highest BCUT2D eigenvalue weighted by molar-refractivity contribution is 4.92. The van der Waals surface area contributed by atoms with Crippen molar-refractivity contribution in [2.75, 3.05) is 32.8 Å². The SMILES string of the molecule is CC1CCN(OCC(O)CN2CC3CCC2C3)CC1. The molecule has 3 atom stereocenters. The number of aliphatic hydroxyl groups is 1. The maximum Gasteiger partial charge on any atom is 0.0957 e. The van der Waals surface area contributed by atoms with E-state index < -0.39 is 0 Å². The fourth-order valence-corrected chi connectivity index (χ4v) is 3.88. The van der Waals surface area contributed by atoms with E-state index in [4.69, 9.17) is 4.84 Å². The number of hydrogen-bond acceptors (Lipinski definition) is 4. The lowest BCUT2D eigenvalue weighted by atomic mass is 10.0. The molecule has 1 saturated carbocycles. The second-order valence-corrected chi connectivity index (χ2v) is 6.85. The first kappa shape index (κ1) is 13.8. The van der Waals surface area contributed by atoms with E-state index in [1.54, 1.807) is 0 Å². The summed E-state index contributed by atoms with van der Waals surface area (Å²) in [5.74, 6) is 1.73. The van der Waals surface area contributed by atoms with Crippen molar-refractivity contribution in [2.24, 2.45) is 11.8 Å². The number of hydrogen-bond donors (Lipinski definition) is 1. The summed E-state index contributed by atoms with van der Waals surface area (Å²) in [5, 5.41) is 12.2. The van der Waals surface area contributed by atoms with Gasteiger partial charge in [0, 0.05) is 32.2 Å². The Morgan fingerprint density at radius 3 is 2.63 bits per heavy atom. The Morgan fingerprint density at radius 1 is 1.21 bits per heavy atom. The van der Waals surface area contributed by atoms with Crippen LogP contribution in [0.3, 0.4) is 0 Å². The van der Waals surface area contributed by atoms with E-state index in [0.29, 0.717) is 6.61 Å². The number of piperidine rings is 2. The Labute approximate surface area is 116 Å². The molecular formula is C15H28N2O2. The van der Waals surface area contributed by atoms with Crippen molar-refractivity contribution < 1.29 is 9.94 Å². The Hall–Kier alpha value is -0.160. The van der Waals surface area contributed by atoms with Crippen LogP contribution in [0.25, 0.3) is 0 Å². The number of likely N-dealkylation sites (tertiary alicyclic amines) is 1. The normalized spacial score (nSPS) is 35.1. The maximum absolute atomic E-state index is 10.1. The number of hydroxylamine groups is 2. The molecule has 1 aliphatic carbocycles. The lowest BCUT2D eigenvalue weighted by Gasteiger charge is -2.32. The summed E-state index contributed by atoms with van der Waals surface area (Å²) in [4.78, 5) is 8.21. The van der Waals surface area contributed by atoms with Gasteiger partial charge < -0.3 is 5.11 Å². The minimum Gasteiger partial charge on any atom is -0.389 e. The highest BCUT2D eigenvalue weighted by Gasteiger charge is 2.38. The van der Waals surface area contributed by atoms with E-state index in [9.17, 15) is 5.11 Å². The third kappa shape index (κ3) is 3.48. The summed E-state index contributed by atoms with van der Waals surface area (Å²) >= 11 is 0. The largest absolute Gasteiger partial charge is 0.389 e. The van der Waals surface area contributed by atoms with Crippen molar-refractivity contribution >= 4 is 0 Å². The van der Waals surface area contributed by atoms with Crippen LogP contribution >= 0.6 is 0 Å². The van der Waals surface area contributed by atoms with E-state index in [-0.39, 0.29) is 6.10 Å². The number of fused-ring (bicyclic) bond motifs is 2. The maximum atomic E-state index is 10.1. The van der Waals surface area contributed by atoms with Crippen molar-refractivity contribution in [2.45, 2.75) is 51.2 Å². The second-order valence-electron chi connectivity index (χ2n) is 6.85. The molecule has 2 aliphatic heterocycles.